The first-order valence-electron chi connectivity index (χ1n) is 3.23. The number of halogens is 3. The van der Waals surface area contributed by atoms with Crippen LogP contribution in [0.1, 0.15) is 0 Å². The Bertz CT molecular complexity index is 392. The Labute approximate surface area is 75.3 Å². The number of hydrogen-bond donors (Lipinski definition) is 2. The van der Waals surface area contributed by atoms with E-state index in [0.717, 1.165) is 0 Å². The van der Waals surface area contributed by atoms with E-state index in [1.54, 1.807) is 0 Å². The lowest BCUT2D eigenvalue weighted by Crippen LogP contribution is -2.08. The summed E-state index contributed by atoms with van der Waals surface area (Å²) in [5.41, 5.74) is 6.30. The molecule has 0 aromatic heterocycles. The number of hydrogen-bond acceptors (Lipinski definition) is 4. The number of nitrogens with two attached hydrogens (primary N) is 2. The molecule has 0 spiro atoms. The molecular formula is C6H4F3N3O2. The van der Waals surface area contributed by atoms with Crippen molar-refractivity contribution < 1.29 is 18.1 Å². The minimum absolute atomic E-state index is 1.12. The molecule has 0 saturated carbocycles. The second-order valence-corrected chi connectivity index (χ2v) is 2.38. The number of benzene rings is 1. The molecule has 0 unspecified atom stereocenters. The summed E-state index contributed by atoms with van der Waals surface area (Å²) in [6.07, 6.45) is 0. The molecule has 0 bridgehead atoms. The van der Waals surface area contributed by atoms with Crippen molar-refractivity contribution in [3.05, 3.63) is 27.6 Å². The minimum Gasteiger partial charge on any atom is -0.391 e. The number of nitrogen functional groups attached to an aromatic ring is 2. The molecule has 0 atom stereocenters. The van der Waals surface area contributed by atoms with Crippen LogP contribution >= 0.6 is 0 Å². The highest BCUT2D eigenvalue weighted by molar-refractivity contribution is 5.73. The van der Waals surface area contributed by atoms with Crippen molar-refractivity contribution in [2.45, 2.75) is 0 Å². The van der Waals surface area contributed by atoms with Crippen LogP contribution in [0, 0.1) is 27.6 Å². The number of rotatable bonds is 1. The second kappa shape index (κ2) is 3.05. The number of nitro benzene ring substituents is 1. The van der Waals surface area contributed by atoms with Gasteiger partial charge in [0.25, 0.3) is 0 Å². The average Bonchev–Trinajstić information content (AvgIpc) is 2.11. The van der Waals surface area contributed by atoms with Gasteiger partial charge in [-0.1, -0.05) is 0 Å². The SMILES string of the molecule is Nc1c(F)c(F)c(F)c(N)c1[N+](=O)[O-]. The first kappa shape index (κ1) is 10.1. The molecule has 1 rings (SSSR count). The summed E-state index contributed by atoms with van der Waals surface area (Å²) in [6, 6.07) is 0. The van der Waals surface area contributed by atoms with Crippen molar-refractivity contribution in [3.63, 3.8) is 0 Å². The molecule has 8 heteroatoms. The van der Waals surface area contributed by atoms with E-state index in [4.69, 9.17) is 11.5 Å². The Morgan fingerprint density at radius 2 is 1.36 bits per heavy atom. The molecule has 0 aliphatic carbocycles. The molecule has 4 N–H and O–H groups in total. The lowest BCUT2D eigenvalue weighted by atomic mass is 10.2. The fourth-order valence-electron chi connectivity index (χ4n) is 0.883. The quantitative estimate of drug-likeness (QED) is 0.312. The molecule has 0 amide bonds. The minimum atomic E-state index is -1.93. The zero-order chi connectivity index (χ0) is 11.0. The van der Waals surface area contributed by atoms with Gasteiger partial charge in [0.1, 0.15) is 0 Å². The molecule has 0 radical (unpaired) electrons. The highest BCUT2D eigenvalue weighted by Gasteiger charge is 2.28. The number of anilines is 2. The van der Waals surface area contributed by atoms with E-state index in [2.05, 4.69) is 0 Å². The highest BCUT2D eigenvalue weighted by Crippen LogP contribution is 2.35. The van der Waals surface area contributed by atoms with Crippen molar-refractivity contribution in [2.24, 2.45) is 0 Å². The molecule has 0 aliphatic heterocycles. The largest absolute Gasteiger partial charge is 0.391 e. The zero-order valence-electron chi connectivity index (χ0n) is 6.55. The highest BCUT2D eigenvalue weighted by atomic mass is 19.2. The van der Waals surface area contributed by atoms with Gasteiger partial charge in [0.15, 0.2) is 28.8 Å². The van der Waals surface area contributed by atoms with E-state index in [1.807, 2.05) is 0 Å². The molecule has 14 heavy (non-hydrogen) atoms. The predicted molar refractivity (Wildman–Crippen MR) is 41.8 cm³/mol. The standard InChI is InChI=1S/C6H4F3N3O2/c7-1-2(8)4(10)6(12(13)14)5(11)3(1)9/h10-11H2. The van der Waals surface area contributed by atoms with Gasteiger partial charge in [-0.05, 0) is 0 Å². The fourth-order valence-corrected chi connectivity index (χ4v) is 0.883. The lowest BCUT2D eigenvalue weighted by molar-refractivity contribution is -0.383. The van der Waals surface area contributed by atoms with Gasteiger partial charge in [0, 0.05) is 0 Å². The van der Waals surface area contributed by atoms with Gasteiger partial charge in [-0.2, -0.15) is 0 Å². The molecule has 76 valence electrons. The summed E-state index contributed by atoms with van der Waals surface area (Å²) >= 11 is 0. The number of nitrogens with zero attached hydrogens (tertiary/aromatic N) is 1. The maximum absolute atomic E-state index is 12.7. The summed E-state index contributed by atoms with van der Waals surface area (Å²) in [7, 11) is 0. The van der Waals surface area contributed by atoms with Crippen molar-refractivity contribution in [3.8, 4) is 0 Å². The molecule has 5 nitrogen and oxygen atoms in total. The van der Waals surface area contributed by atoms with Crippen LogP contribution in [0.15, 0.2) is 0 Å². The average molecular weight is 207 g/mol. The third-order valence-electron chi connectivity index (χ3n) is 1.55. The smallest absolute Gasteiger partial charge is 0.321 e. The van der Waals surface area contributed by atoms with Gasteiger partial charge in [-0.15, -0.1) is 0 Å². The van der Waals surface area contributed by atoms with Crippen LogP contribution in [-0.2, 0) is 0 Å². The topological polar surface area (TPSA) is 95.2 Å². The van der Waals surface area contributed by atoms with E-state index in [0.29, 0.717) is 0 Å². The maximum Gasteiger partial charge on any atom is 0.321 e. The van der Waals surface area contributed by atoms with Gasteiger partial charge < -0.3 is 11.5 Å². The Morgan fingerprint density at radius 3 is 1.64 bits per heavy atom. The Morgan fingerprint density at radius 1 is 1.00 bits per heavy atom. The third kappa shape index (κ3) is 1.20. The van der Waals surface area contributed by atoms with Crippen molar-refractivity contribution in [1.82, 2.24) is 0 Å². The second-order valence-electron chi connectivity index (χ2n) is 2.38. The Hall–Kier alpha value is -1.99. The van der Waals surface area contributed by atoms with Gasteiger partial charge >= 0.3 is 5.69 Å². The van der Waals surface area contributed by atoms with E-state index in [1.165, 1.54) is 0 Å². The third-order valence-corrected chi connectivity index (χ3v) is 1.55. The molecule has 0 heterocycles. The van der Waals surface area contributed by atoms with Crippen molar-refractivity contribution >= 4 is 17.1 Å². The first-order chi connectivity index (χ1) is 6.37. The van der Waals surface area contributed by atoms with Crippen LogP contribution in [-0.4, -0.2) is 4.92 Å². The summed E-state index contributed by atoms with van der Waals surface area (Å²) in [5.74, 6) is -5.56. The van der Waals surface area contributed by atoms with Gasteiger partial charge in [0.05, 0.1) is 4.92 Å². The van der Waals surface area contributed by atoms with Crippen LogP contribution in [0.2, 0.25) is 0 Å². The summed E-state index contributed by atoms with van der Waals surface area (Å²) < 4.78 is 37.9. The molecule has 1 aromatic carbocycles. The molecule has 0 fully saturated rings. The van der Waals surface area contributed by atoms with Gasteiger partial charge in [0.2, 0.25) is 0 Å². The molecule has 0 saturated heterocycles. The maximum atomic E-state index is 12.7. The molecule has 1 aromatic rings. The predicted octanol–water partition coefficient (Wildman–Crippen LogP) is 1.18. The number of nitro groups is 1. The Kier molecular flexibility index (Phi) is 2.20. The van der Waals surface area contributed by atoms with E-state index in [-0.39, 0.29) is 0 Å². The summed E-state index contributed by atoms with van der Waals surface area (Å²) in [6.45, 7) is 0. The Balaban J connectivity index is 3.68. The molecular weight excluding hydrogens is 203 g/mol. The van der Waals surface area contributed by atoms with Crippen LogP contribution in [0.25, 0.3) is 0 Å². The molecule has 0 aliphatic rings. The van der Waals surface area contributed by atoms with Crippen LogP contribution in [0.5, 0.6) is 0 Å². The van der Waals surface area contributed by atoms with Crippen LogP contribution in [0.3, 0.4) is 0 Å². The normalized spacial score (nSPS) is 10.2. The first-order valence-corrected chi connectivity index (χ1v) is 3.23. The zero-order valence-corrected chi connectivity index (χ0v) is 6.55. The fraction of sp³-hybridized carbons (Fsp3) is 0. The van der Waals surface area contributed by atoms with E-state index < -0.39 is 39.4 Å². The van der Waals surface area contributed by atoms with Crippen molar-refractivity contribution in [2.75, 3.05) is 11.5 Å². The van der Waals surface area contributed by atoms with Crippen LogP contribution in [0.4, 0.5) is 30.2 Å². The monoisotopic (exact) mass is 207 g/mol. The lowest BCUT2D eigenvalue weighted by Gasteiger charge is -2.04. The summed E-state index contributed by atoms with van der Waals surface area (Å²) in [4.78, 5) is 9.06. The summed E-state index contributed by atoms with van der Waals surface area (Å²) in [5, 5.41) is 10.2. The van der Waals surface area contributed by atoms with Crippen molar-refractivity contribution in [1.29, 1.82) is 0 Å². The van der Waals surface area contributed by atoms with E-state index in [9.17, 15) is 23.3 Å². The van der Waals surface area contributed by atoms with Gasteiger partial charge in [-0.3, -0.25) is 10.1 Å². The van der Waals surface area contributed by atoms with E-state index >= 15 is 0 Å². The van der Waals surface area contributed by atoms with Gasteiger partial charge in [-0.25, -0.2) is 13.2 Å². The van der Waals surface area contributed by atoms with Crippen LogP contribution < -0.4 is 11.5 Å².